The van der Waals surface area contributed by atoms with Gasteiger partial charge < -0.3 is 10.4 Å². The molecule has 0 aromatic rings. The lowest BCUT2D eigenvalue weighted by molar-refractivity contribution is -0.138. The molecule has 0 spiro atoms. The van der Waals surface area contributed by atoms with Gasteiger partial charge in [0.1, 0.15) is 6.54 Å². The second-order valence-corrected chi connectivity index (χ2v) is 3.32. The third kappa shape index (κ3) is 5.31. The van der Waals surface area contributed by atoms with Crippen LogP contribution < -0.4 is 5.32 Å². The Bertz CT molecular complexity index is 266. The van der Waals surface area contributed by atoms with Crippen molar-refractivity contribution in [2.45, 2.75) is 13.0 Å². The molecule has 0 aromatic carbocycles. The van der Waals surface area contributed by atoms with E-state index in [2.05, 4.69) is 18.5 Å². The van der Waals surface area contributed by atoms with E-state index in [0.29, 0.717) is 13.1 Å². The van der Waals surface area contributed by atoms with Crippen molar-refractivity contribution in [1.82, 2.24) is 10.2 Å². The number of rotatable bonds is 8. The first-order valence-corrected chi connectivity index (χ1v) is 4.98. The van der Waals surface area contributed by atoms with Gasteiger partial charge in [-0.05, 0) is 6.92 Å². The number of carbonyl (C=O) groups is 2. The zero-order chi connectivity index (χ0) is 12.6. The Balaban J connectivity index is 4.28. The first-order valence-electron chi connectivity index (χ1n) is 4.98. The van der Waals surface area contributed by atoms with Crippen LogP contribution in [-0.4, -0.2) is 47.6 Å². The van der Waals surface area contributed by atoms with Crippen molar-refractivity contribution < 1.29 is 14.7 Å². The molecular weight excluding hydrogens is 208 g/mol. The van der Waals surface area contributed by atoms with E-state index in [0.717, 1.165) is 0 Å². The fourth-order valence-electron chi connectivity index (χ4n) is 1.20. The van der Waals surface area contributed by atoms with Crippen LogP contribution in [0.3, 0.4) is 0 Å². The molecule has 2 N–H and O–H groups in total. The van der Waals surface area contributed by atoms with Crippen LogP contribution in [0.15, 0.2) is 25.3 Å². The van der Waals surface area contributed by atoms with Crippen LogP contribution in [0.2, 0.25) is 0 Å². The molecule has 5 nitrogen and oxygen atoms in total. The molecule has 1 atom stereocenters. The molecule has 0 aliphatic heterocycles. The fraction of sp³-hybridized carbons (Fsp3) is 0.455. The second-order valence-electron chi connectivity index (χ2n) is 3.32. The van der Waals surface area contributed by atoms with Crippen LogP contribution in [0.5, 0.6) is 0 Å². The monoisotopic (exact) mass is 226 g/mol. The van der Waals surface area contributed by atoms with Gasteiger partial charge in [-0.15, -0.1) is 13.2 Å². The quantitative estimate of drug-likeness (QED) is 0.582. The summed E-state index contributed by atoms with van der Waals surface area (Å²) in [6.07, 6.45) is 3.37. The maximum absolute atomic E-state index is 11.6. The summed E-state index contributed by atoms with van der Waals surface area (Å²) in [5.74, 6) is -1.37. The number of aliphatic carboxylic acids is 1. The van der Waals surface area contributed by atoms with Crippen LogP contribution in [0.4, 0.5) is 0 Å². The molecule has 0 aliphatic rings. The van der Waals surface area contributed by atoms with E-state index in [9.17, 15) is 9.59 Å². The summed E-state index contributed by atoms with van der Waals surface area (Å²) in [5, 5.41) is 10.8. The normalized spacial score (nSPS) is 11.9. The Labute approximate surface area is 95.4 Å². The highest BCUT2D eigenvalue weighted by molar-refractivity contribution is 5.84. The van der Waals surface area contributed by atoms with Crippen molar-refractivity contribution in [3.63, 3.8) is 0 Å². The maximum Gasteiger partial charge on any atom is 0.322 e. The highest BCUT2D eigenvalue weighted by Gasteiger charge is 2.19. The van der Waals surface area contributed by atoms with E-state index in [-0.39, 0.29) is 12.5 Å². The van der Waals surface area contributed by atoms with Gasteiger partial charge >= 0.3 is 5.97 Å². The van der Waals surface area contributed by atoms with E-state index in [1.165, 1.54) is 0 Å². The van der Waals surface area contributed by atoms with Gasteiger partial charge in [-0.25, -0.2) is 0 Å². The SMILES string of the molecule is C=CCN(CC=C)C(C)C(=O)NCC(=O)O. The molecule has 16 heavy (non-hydrogen) atoms. The average Bonchev–Trinajstić information content (AvgIpc) is 2.24. The molecule has 0 bridgehead atoms. The maximum atomic E-state index is 11.6. The van der Waals surface area contributed by atoms with E-state index < -0.39 is 12.0 Å². The molecule has 5 heteroatoms. The Morgan fingerprint density at radius 3 is 2.25 bits per heavy atom. The number of carboxylic acid groups (broad SMARTS) is 1. The smallest absolute Gasteiger partial charge is 0.322 e. The Morgan fingerprint density at radius 2 is 1.88 bits per heavy atom. The summed E-state index contributed by atoms with van der Waals surface area (Å²) >= 11 is 0. The lowest BCUT2D eigenvalue weighted by atomic mass is 10.2. The number of amides is 1. The molecule has 0 saturated heterocycles. The molecule has 0 aromatic heterocycles. The summed E-state index contributed by atoms with van der Waals surface area (Å²) in [5.41, 5.74) is 0. The fourth-order valence-corrected chi connectivity index (χ4v) is 1.20. The van der Waals surface area contributed by atoms with Gasteiger partial charge in [0.2, 0.25) is 5.91 Å². The summed E-state index contributed by atoms with van der Waals surface area (Å²) in [6, 6.07) is -0.407. The number of carboxylic acids is 1. The zero-order valence-electron chi connectivity index (χ0n) is 9.48. The number of carbonyl (C=O) groups excluding carboxylic acids is 1. The molecule has 0 aliphatic carbocycles. The summed E-state index contributed by atoms with van der Waals surface area (Å²) in [4.78, 5) is 23.7. The van der Waals surface area contributed by atoms with Crippen molar-refractivity contribution in [2.75, 3.05) is 19.6 Å². The van der Waals surface area contributed by atoms with Crippen molar-refractivity contribution in [2.24, 2.45) is 0 Å². The van der Waals surface area contributed by atoms with E-state index in [1.807, 2.05) is 4.90 Å². The number of nitrogens with zero attached hydrogens (tertiary/aromatic N) is 1. The predicted octanol–water partition coefficient (Wildman–Crippen LogP) is 0.250. The van der Waals surface area contributed by atoms with E-state index in [1.54, 1.807) is 19.1 Å². The van der Waals surface area contributed by atoms with Crippen LogP contribution in [0.25, 0.3) is 0 Å². The van der Waals surface area contributed by atoms with Crippen molar-refractivity contribution >= 4 is 11.9 Å². The van der Waals surface area contributed by atoms with Gasteiger partial charge in [0.05, 0.1) is 6.04 Å². The largest absolute Gasteiger partial charge is 0.480 e. The van der Waals surface area contributed by atoms with Gasteiger partial charge in [0.25, 0.3) is 0 Å². The summed E-state index contributed by atoms with van der Waals surface area (Å²) in [7, 11) is 0. The highest BCUT2D eigenvalue weighted by atomic mass is 16.4. The van der Waals surface area contributed by atoms with Gasteiger partial charge in [-0.3, -0.25) is 14.5 Å². The minimum atomic E-state index is -1.06. The number of hydrogen-bond acceptors (Lipinski definition) is 3. The third-order valence-corrected chi connectivity index (χ3v) is 2.07. The highest BCUT2D eigenvalue weighted by Crippen LogP contribution is 1.99. The molecule has 0 fully saturated rings. The molecule has 0 radical (unpaired) electrons. The second kappa shape index (κ2) is 7.64. The first-order chi connectivity index (χ1) is 7.52. The molecular formula is C11H18N2O3. The summed E-state index contributed by atoms with van der Waals surface area (Å²) in [6.45, 7) is 9.64. The van der Waals surface area contributed by atoms with E-state index >= 15 is 0 Å². The lowest BCUT2D eigenvalue weighted by Gasteiger charge is -2.25. The van der Waals surface area contributed by atoms with Gasteiger partial charge in [-0.2, -0.15) is 0 Å². The van der Waals surface area contributed by atoms with Gasteiger partial charge in [0, 0.05) is 13.1 Å². The molecule has 0 heterocycles. The van der Waals surface area contributed by atoms with Crippen LogP contribution in [0.1, 0.15) is 6.92 Å². The van der Waals surface area contributed by atoms with Crippen molar-refractivity contribution in [1.29, 1.82) is 0 Å². The van der Waals surface area contributed by atoms with E-state index in [4.69, 9.17) is 5.11 Å². The van der Waals surface area contributed by atoms with Crippen LogP contribution >= 0.6 is 0 Å². The van der Waals surface area contributed by atoms with Gasteiger partial charge in [-0.1, -0.05) is 12.2 Å². The molecule has 0 saturated carbocycles. The predicted molar refractivity (Wildman–Crippen MR) is 62.1 cm³/mol. The molecule has 1 unspecified atom stereocenters. The Morgan fingerprint density at radius 1 is 1.38 bits per heavy atom. The number of nitrogens with one attached hydrogen (secondary N) is 1. The van der Waals surface area contributed by atoms with Crippen LogP contribution in [0, 0.1) is 0 Å². The Hall–Kier alpha value is -1.62. The molecule has 0 rings (SSSR count). The zero-order valence-corrected chi connectivity index (χ0v) is 9.48. The van der Waals surface area contributed by atoms with Crippen molar-refractivity contribution in [3.8, 4) is 0 Å². The third-order valence-electron chi connectivity index (χ3n) is 2.07. The lowest BCUT2D eigenvalue weighted by Crippen LogP contribution is -2.46. The minimum Gasteiger partial charge on any atom is -0.480 e. The number of hydrogen-bond donors (Lipinski definition) is 2. The van der Waals surface area contributed by atoms with Gasteiger partial charge in [0.15, 0.2) is 0 Å². The molecule has 1 amide bonds. The summed E-state index contributed by atoms with van der Waals surface area (Å²) < 4.78 is 0. The molecule has 90 valence electrons. The standard InChI is InChI=1S/C11H18N2O3/c1-4-6-13(7-5-2)9(3)11(16)12-8-10(14)15/h4-5,9H,1-2,6-8H2,3H3,(H,12,16)(H,14,15). The minimum absolute atomic E-state index is 0.314. The average molecular weight is 226 g/mol. The first kappa shape index (κ1) is 14.4. The van der Waals surface area contributed by atoms with Crippen LogP contribution in [-0.2, 0) is 9.59 Å². The van der Waals surface area contributed by atoms with Crippen molar-refractivity contribution in [3.05, 3.63) is 25.3 Å². The topological polar surface area (TPSA) is 69.6 Å². The Kier molecular flexibility index (Phi) is 6.87.